The number of rotatable bonds is 5. The van der Waals surface area contributed by atoms with Crippen molar-refractivity contribution in [3.8, 4) is 5.75 Å². The maximum absolute atomic E-state index is 9.78. The van der Waals surface area contributed by atoms with E-state index >= 15 is 0 Å². The summed E-state index contributed by atoms with van der Waals surface area (Å²) in [7, 11) is 0. The van der Waals surface area contributed by atoms with Crippen LogP contribution in [0, 0.1) is 0 Å². The molecule has 0 aliphatic rings. The van der Waals surface area contributed by atoms with Gasteiger partial charge in [0.2, 0.25) is 0 Å². The van der Waals surface area contributed by atoms with E-state index in [0.29, 0.717) is 17.8 Å². The Balaban J connectivity index is 0.00000200. The normalized spacial score (nSPS) is 13.3. The first kappa shape index (κ1) is 16.5. The van der Waals surface area contributed by atoms with Gasteiger partial charge in [0, 0.05) is 12.1 Å². The van der Waals surface area contributed by atoms with E-state index in [2.05, 4.69) is 43.4 Å². The number of hydrogen-bond donors (Lipinski definition) is 2. The summed E-state index contributed by atoms with van der Waals surface area (Å²) in [5.74, 6) is 0.378. The number of halogens is 1. The second kappa shape index (κ2) is 7.93. The largest absolute Gasteiger partial charge is 0.508 e. The Morgan fingerprint density at radius 2 is 1.55 bits per heavy atom. The lowest BCUT2D eigenvalue weighted by atomic mass is 10.0. The van der Waals surface area contributed by atoms with Gasteiger partial charge in [-0.05, 0) is 37.5 Å². The van der Waals surface area contributed by atoms with E-state index in [4.69, 9.17) is 0 Å². The van der Waals surface area contributed by atoms with Gasteiger partial charge in [0.25, 0.3) is 0 Å². The van der Waals surface area contributed by atoms with Crippen molar-refractivity contribution in [3.05, 3.63) is 65.7 Å². The van der Waals surface area contributed by atoms with Crippen molar-refractivity contribution in [2.45, 2.75) is 32.4 Å². The lowest BCUT2D eigenvalue weighted by Gasteiger charge is -2.20. The van der Waals surface area contributed by atoms with Crippen LogP contribution in [0.5, 0.6) is 5.75 Å². The van der Waals surface area contributed by atoms with Crippen molar-refractivity contribution >= 4 is 12.4 Å². The summed E-state index contributed by atoms with van der Waals surface area (Å²) in [4.78, 5) is 0. The van der Waals surface area contributed by atoms with Crippen LogP contribution in [-0.4, -0.2) is 11.1 Å². The lowest BCUT2D eigenvalue weighted by molar-refractivity contribution is 0.446. The summed E-state index contributed by atoms with van der Waals surface area (Å²) in [6.07, 6.45) is 0.823. The third-order valence-corrected chi connectivity index (χ3v) is 3.35. The van der Waals surface area contributed by atoms with E-state index < -0.39 is 0 Å². The monoisotopic (exact) mass is 291 g/mol. The first-order valence-corrected chi connectivity index (χ1v) is 6.74. The fourth-order valence-electron chi connectivity index (χ4n) is 2.34. The minimum atomic E-state index is 0. The molecule has 2 aromatic carbocycles. The Bertz CT molecular complexity index is 515. The Morgan fingerprint density at radius 3 is 2.20 bits per heavy atom. The molecule has 0 bridgehead atoms. The average Bonchev–Trinajstić information content (AvgIpc) is 2.42. The zero-order valence-corrected chi connectivity index (χ0v) is 12.7. The van der Waals surface area contributed by atoms with Crippen LogP contribution in [0.15, 0.2) is 54.6 Å². The van der Waals surface area contributed by atoms with Crippen LogP contribution in [0.25, 0.3) is 0 Å². The van der Waals surface area contributed by atoms with Crippen LogP contribution in [0.2, 0.25) is 0 Å². The van der Waals surface area contributed by atoms with Gasteiger partial charge in [-0.25, -0.2) is 0 Å². The number of phenolic OH excluding ortho intramolecular Hbond substituents is 1. The van der Waals surface area contributed by atoms with Crippen molar-refractivity contribution in [1.29, 1.82) is 0 Å². The van der Waals surface area contributed by atoms with Crippen LogP contribution >= 0.6 is 12.4 Å². The van der Waals surface area contributed by atoms with Crippen molar-refractivity contribution in [3.63, 3.8) is 0 Å². The second-order valence-electron chi connectivity index (χ2n) is 5.03. The van der Waals surface area contributed by atoms with Crippen LogP contribution < -0.4 is 5.32 Å². The molecule has 0 fully saturated rings. The molecular weight excluding hydrogens is 270 g/mol. The summed E-state index contributed by atoms with van der Waals surface area (Å²) in [5, 5.41) is 13.3. The molecule has 2 atom stereocenters. The smallest absolute Gasteiger partial charge is 0.118 e. The minimum Gasteiger partial charge on any atom is -0.508 e. The zero-order valence-electron chi connectivity index (χ0n) is 11.9. The number of benzene rings is 2. The maximum atomic E-state index is 9.78. The van der Waals surface area contributed by atoms with Gasteiger partial charge in [0.15, 0.2) is 0 Å². The summed E-state index contributed by atoms with van der Waals surface area (Å²) in [6, 6.07) is 18.5. The van der Waals surface area contributed by atoms with Crippen molar-refractivity contribution < 1.29 is 5.11 Å². The number of nitrogens with one attached hydrogen (secondary N) is 1. The molecule has 0 saturated heterocycles. The molecule has 0 aromatic heterocycles. The quantitative estimate of drug-likeness (QED) is 0.869. The van der Waals surface area contributed by atoms with E-state index in [1.54, 1.807) is 6.07 Å². The van der Waals surface area contributed by atoms with Crippen molar-refractivity contribution in [1.82, 2.24) is 5.32 Å². The highest BCUT2D eigenvalue weighted by Gasteiger charge is 2.11. The molecule has 0 unspecified atom stereocenters. The molecule has 0 radical (unpaired) electrons. The second-order valence-corrected chi connectivity index (χ2v) is 5.03. The highest BCUT2D eigenvalue weighted by atomic mass is 35.5. The van der Waals surface area contributed by atoms with E-state index in [-0.39, 0.29) is 12.4 Å². The highest BCUT2D eigenvalue weighted by Crippen LogP contribution is 2.19. The van der Waals surface area contributed by atoms with E-state index in [1.165, 1.54) is 5.56 Å². The minimum absolute atomic E-state index is 0. The molecule has 0 aliphatic carbocycles. The predicted octanol–water partition coefficient (Wildman–Crippen LogP) is 4.10. The Morgan fingerprint density at radius 1 is 0.950 bits per heavy atom. The van der Waals surface area contributed by atoms with Gasteiger partial charge < -0.3 is 10.4 Å². The van der Waals surface area contributed by atoms with Gasteiger partial charge in [-0.2, -0.15) is 0 Å². The number of phenols is 1. The van der Waals surface area contributed by atoms with Gasteiger partial charge in [0.1, 0.15) is 5.75 Å². The average molecular weight is 292 g/mol. The van der Waals surface area contributed by atoms with Crippen LogP contribution in [0.3, 0.4) is 0 Å². The molecule has 0 aliphatic heterocycles. The lowest BCUT2D eigenvalue weighted by Crippen LogP contribution is -2.30. The summed E-state index contributed by atoms with van der Waals surface area (Å²) >= 11 is 0. The Labute approximate surface area is 127 Å². The molecule has 0 amide bonds. The molecule has 108 valence electrons. The number of para-hydroxylation sites is 1. The SMILES string of the molecule is C[C@H](Cc1ccccc1O)N[C@H](C)c1ccccc1.Cl. The molecule has 2 rings (SSSR count). The number of hydrogen-bond acceptors (Lipinski definition) is 2. The van der Waals surface area contributed by atoms with Gasteiger partial charge in [-0.3, -0.25) is 0 Å². The van der Waals surface area contributed by atoms with Crippen LogP contribution in [0.1, 0.15) is 31.0 Å². The molecule has 0 saturated carbocycles. The van der Waals surface area contributed by atoms with E-state index in [0.717, 1.165) is 12.0 Å². The maximum Gasteiger partial charge on any atom is 0.118 e. The van der Waals surface area contributed by atoms with E-state index in [1.807, 2.05) is 24.3 Å². The molecule has 2 nitrogen and oxygen atoms in total. The third-order valence-electron chi connectivity index (χ3n) is 3.35. The summed E-state index contributed by atoms with van der Waals surface area (Å²) in [5.41, 5.74) is 2.27. The highest BCUT2D eigenvalue weighted by molar-refractivity contribution is 5.85. The van der Waals surface area contributed by atoms with Gasteiger partial charge in [0.05, 0.1) is 0 Å². The van der Waals surface area contributed by atoms with Gasteiger partial charge in [-0.15, -0.1) is 12.4 Å². The zero-order chi connectivity index (χ0) is 13.7. The molecule has 3 heteroatoms. The van der Waals surface area contributed by atoms with Crippen molar-refractivity contribution in [2.24, 2.45) is 0 Å². The Hall–Kier alpha value is -1.51. The standard InChI is InChI=1S/C17H21NO.ClH/c1-13(12-16-10-6-7-11-17(16)19)18-14(2)15-8-4-3-5-9-15;/h3-11,13-14,18-19H,12H2,1-2H3;1H/t13-,14-;/m1./s1. The van der Waals surface area contributed by atoms with Gasteiger partial charge in [-0.1, -0.05) is 48.5 Å². The van der Waals surface area contributed by atoms with Crippen LogP contribution in [0.4, 0.5) is 0 Å². The summed E-state index contributed by atoms with van der Waals surface area (Å²) < 4.78 is 0. The first-order valence-electron chi connectivity index (χ1n) is 6.74. The molecular formula is C17H22ClNO. The predicted molar refractivity (Wildman–Crippen MR) is 86.5 cm³/mol. The molecule has 0 heterocycles. The molecule has 20 heavy (non-hydrogen) atoms. The van der Waals surface area contributed by atoms with Crippen molar-refractivity contribution in [2.75, 3.05) is 0 Å². The Kier molecular flexibility index (Phi) is 6.56. The fraction of sp³-hybridized carbons (Fsp3) is 0.294. The topological polar surface area (TPSA) is 32.3 Å². The van der Waals surface area contributed by atoms with E-state index in [9.17, 15) is 5.11 Å². The molecule has 0 spiro atoms. The first-order chi connectivity index (χ1) is 9.16. The number of aromatic hydroxyl groups is 1. The molecule has 2 aromatic rings. The van der Waals surface area contributed by atoms with Gasteiger partial charge >= 0.3 is 0 Å². The summed E-state index contributed by atoms with van der Waals surface area (Å²) in [6.45, 7) is 4.31. The van der Waals surface area contributed by atoms with Crippen LogP contribution in [-0.2, 0) is 6.42 Å². The molecule has 2 N–H and O–H groups in total. The third kappa shape index (κ3) is 4.55. The fourth-order valence-corrected chi connectivity index (χ4v) is 2.34.